The molecule has 0 heterocycles. The molecule has 0 radical (unpaired) electrons. The van der Waals surface area contributed by atoms with Crippen LogP contribution in [0.4, 0.5) is 0 Å². The van der Waals surface area contributed by atoms with Gasteiger partial charge in [-0.3, -0.25) is 0 Å². The molecule has 29 heavy (non-hydrogen) atoms. The highest BCUT2D eigenvalue weighted by Crippen LogP contribution is 2.17. The van der Waals surface area contributed by atoms with Crippen LogP contribution in [0.1, 0.15) is 155 Å². The second-order valence-corrected chi connectivity index (χ2v) is 9.67. The molecule has 2 heteroatoms. The van der Waals surface area contributed by atoms with Crippen molar-refractivity contribution in [2.75, 3.05) is 6.61 Å². The molecule has 0 saturated heterocycles. The maximum absolute atomic E-state index is 8.98. The van der Waals surface area contributed by atoms with Crippen LogP contribution >= 0.6 is 0 Å². The molecule has 1 aliphatic carbocycles. The number of rotatable bonds is 20. The second kappa shape index (κ2) is 24.2. The van der Waals surface area contributed by atoms with Gasteiger partial charge in [-0.25, -0.2) is 0 Å². The van der Waals surface area contributed by atoms with E-state index in [2.05, 4.69) is 13.8 Å². The summed E-state index contributed by atoms with van der Waals surface area (Å²) in [5.74, 6) is 0.506. The molecule has 0 bridgehead atoms. The summed E-state index contributed by atoms with van der Waals surface area (Å²) in [7, 11) is 0. The van der Waals surface area contributed by atoms with E-state index in [-0.39, 0.29) is 6.10 Å². The monoisotopic (exact) mass is 412 g/mol. The van der Waals surface area contributed by atoms with Gasteiger partial charge in [0.1, 0.15) is 0 Å². The van der Waals surface area contributed by atoms with Gasteiger partial charge in [-0.1, -0.05) is 129 Å². The van der Waals surface area contributed by atoms with Crippen molar-refractivity contribution in [3.63, 3.8) is 0 Å². The maximum atomic E-state index is 8.98. The van der Waals surface area contributed by atoms with Crippen LogP contribution in [0.3, 0.4) is 0 Å². The fraction of sp³-hybridized carbons (Fsp3) is 1.00. The van der Waals surface area contributed by atoms with Crippen molar-refractivity contribution in [3.8, 4) is 0 Å². The van der Waals surface area contributed by atoms with E-state index >= 15 is 0 Å². The SMILES string of the molecule is CCCCCCCCCCCCCCCCCCCCC(C)CO.OC1CCC1. The Balaban J connectivity index is 0.00000135. The zero-order valence-electron chi connectivity index (χ0n) is 20.3. The summed E-state index contributed by atoms with van der Waals surface area (Å²) in [5.41, 5.74) is 0. The van der Waals surface area contributed by atoms with Crippen LogP contribution in [-0.4, -0.2) is 22.9 Å². The van der Waals surface area contributed by atoms with E-state index in [1.54, 1.807) is 0 Å². The second-order valence-electron chi connectivity index (χ2n) is 9.67. The van der Waals surface area contributed by atoms with Gasteiger partial charge in [-0.15, -0.1) is 0 Å². The highest BCUT2D eigenvalue weighted by Gasteiger charge is 2.11. The van der Waals surface area contributed by atoms with E-state index in [1.807, 2.05) is 0 Å². The number of aliphatic hydroxyl groups is 2. The summed E-state index contributed by atoms with van der Waals surface area (Å²) >= 11 is 0. The largest absolute Gasteiger partial charge is 0.396 e. The van der Waals surface area contributed by atoms with Gasteiger partial charge in [-0.05, 0) is 31.6 Å². The number of hydrogen-bond acceptors (Lipinski definition) is 2. The Hall–Kier alpha value is -0.0800. The summed E-state index contributed by atoms with van der Waals surface area (Å²) in [6.07, 6.45) is 30.4. The quantitative estimate of drug-likeness (QED) is 0.196. The predicted octanol–water partition coefficient (Wildman–Crippen LogP) is 8.58. The lowest BCUT2D eigenvalue weighted by molar-refractivity contribution is 0.0950. The normalized spacial score (nSPS) is 14.9. The maximum Gasteiger partial charge on any atom is 0.0540 e. The van der Waals surface area contributed by atoms with Crippen molar-refractivity contribution in [3.05, 3.63) is 0 Å². The van der Waals surface area contributed by atoms with Crippen molar-refractivity contribution in [2.24, 2.45) is 5.92 Å². The van der Waals surface area contributed by atoms with Crippen LogP contribution < -0.4 is 0 Å². The molecule has 2 nitrogen and oxygen atoms in total. The molecule has 1 rings (SSSR count). The minimum absolute atomic E-state index is 0.0648. The Kier molecular flexibility index (Phi) is 24.1. The molecule has 0 aromatic rings. The average Bonchev–Trinajstić information content (AvgIpc) is 2.71. The van der Waals surface area contributed by atoms with E-state index < -0.39 is 0 Å². The van der Waals surface area contributed by atoms with E-state index in [9.17, 15) is 0 Å². The molecule has 0 amide bonds. The third kappa shape index (κ3) is 24.1. The summed E-state index contributed by atoms with van der Waals surface area (Å²) in [4.78, 5) is 0. The van der Waals surface area contributed by atoms with Gasteiger partial charge in [0.25, 0.3) is 0 Å². The molecule has 1 atom stereocenters. The zero-order chi connectivity index (χ0) is 21.4. The number of aliphatic hydroxyl groups excluding tert-OH is 2. The molecule has 1 unspecified atom stereocenters. The van der Waals surface area contributed by atoms with E-state index in [0.717, 1.165) is 12.8 Å². The third-order valence-electron chi connectivity index (χ3n) is 6.44. The predicted molar refractivity (Wildman–Crippen MR) is 130 cm³/mol. The van der Waals surface area contributed by atoms with Crippen molar-refractivity contribution in [1.82, 2.24) is 0 Å². The highest BCUT2D eigenvalue weighted by molar-refractivity contribution is 4.65. The minimum Gasteiger partial charge on any atom is -0.396 e. The molecule has 1 aliphatic rings. The van der Waals surface area contributed by atoms with Gasteiger partial charge in [0.15, 0.2) is 0 Å². The van der Waals surface area contributed by atoms with Gasteiger partial charge in [-0.2, -0.15) is 0 Å². The first-order valence-electron chi connectivity index (χ1n) is 13.5. The van der Waals surface area contributed by atoms with Crippen molar-refractivity contribution in [2.45, 2.75) is 161 Å². The zero-order valence-corrected chi connectivity index (χ0v) is 20.3. The standard InChI is InChI=1S/C23H48O.C4H8O/c1-3-4-5-6-7-8-9-10-11-12-13-14-15-16-17-18-19-20-21-23(2)22-24;5-4-2-1-3-4/h23-24H,3-22H2,1-2H3;4-5H,1-3H2. The Labute approximate surface area is 184 Å². The third-order valence-corrected chi connectivity index (χ3v) is 6.44. The molecule has 0 aliphatic heterocycles. The Morgan fingerprint density at radius 3 is 1.17 bits per heavy atom. The van der Waals surface area contributed by atoms with Crippen LogP contribution in [0, 0.1) is 5.92 Å². The van der Waals surface area contributed by atoms with Gasteiger partial charge in [0, 0.05) is 6.61 Å². The summed E-state index contributed by atoms with van der Waals surface area (Å²) in [6, 6.07) is 0. The molecule has 2 N–H and O–H groups in total. The lowest BCUT2D eigenvalue weighted by atomic mass is 9.97. The smallest absolute Gasteiger partial charge is 0.0540 e. The van der Waals surface area contributed by atoms with Crippen molar-refractivity contribution < 1.29 is 10.2 Å². The molecule has 1 fully saturated rings. The average molecular weight is 413 g/mol. The van der Waals surface area contributed by atoms with E-state index in [4.69, 9.17) is 10.2 Å². The fourth-order valence-corrected chi connectivity index (χ4v) is 3.87. The summed E-state index contributed by atoms with van der Waals surface area (Å²) < 4.78 is 0. The first-order chi connectivity index (χ1) is 14.2. The van der Waals surface area contributed by atoms with Crippen molar-refractivity contribution >= 4 is 0 Å². The minimum atomic E-state index is 0.0648. The molecular formula is C27H56O2. The van der Waals surface area contributed by atoms with Gasteiger partial charge < -0.3 is 10.2 Å². The number of unbranched alkanes of at least 4 members (excludes halogenated alkanes) is 17. The molecule has 0 aromatic heterocycles. The lowest BCUT2D eigenvalue weighted by Crippen LogP contribution is -2.15. The van der Waals surface area contributed by atoms with Crippen LogP contribution in [0.15, 0.2) is 0 Å². The van der Waals surface area contributed by atoms with Crippen LogP contribution in [0.2, 0.25) is 0 Å². The Bertz CT molecular complexity index is 288. The summed E-state index contributed by atoms with van der Waals surface area (Å²) in [6.45, 7) is 4.80. The first-order valence-corrected chi connectivity index (χ1v) is 13.5. The molecule has 1 saturated carbocycles. The molecular weight excluding hydrogens is 356 g/mol. The molecule has 176 valence electrons. The van der Waals surface area contributed by atoms with Gasteiger partial charge >= 0.3 is 0 Å². The highest BCUT2D eigenvalue weighted by atomic mass is 16.3. The van der Waals surface area contributed by atoms with Crippen LogP contribution in [0.5, 0.6) is 0 Å². The summed E-state index contributed by atoms with van der Waals surface area (Å²) in [5, 5.41) is 17.4. The first kappa shape index (κ1) is 28.9. The lowest BCUT2D eigenvalue weighted by Gasteiger charge is -2.17. The molecule has 0 spiro atoms. The van der Waals surface area contributed by atoms with Crippen LogP contribution in [-0.2, 0) is 0 Å². The molecule has 0 aromatic carbocycles. The van der Waals surface area contributed by atoms with E-state index in [1.165, 1.54) is 128 Å². The van der Waals surface area contributed by atoms with Gasteiger partial charge in [0.05, 0.1) is 6.10 Å². The van der Waals surface area contributed by atoms with Crippen LogP contribution in [0.25, 0.3) is 0 Å². The van der Waals surface area contributed by atoms with E-state index in [0.29, 0.717) is 12.5 Å². The van der Waals surface area contributed by atoms with Gasteiger partial charge in [0.2, 0.25) is 0 Å². The van der Waals surface area contributed by atoms with Crippen molar-refractivity contribution in [1.29, 1.82) is 0 Å². The fourth-order valence-electron chi connectivity index (χ4n) is 3.87. The topological polar surface area (TPSA) is 40.5 Å². The Morgan fingerprint density at radius 2 is 0.931 bits per heavy atom. The Morgan fingerprint density at radius 1 is 0.621 bits per heavy atom. The number of hydrogen-bond donors (Lipinski definition) is 2.